The van der Waals surface area contributed by atoms with E-state index in [1.54, 1.807) is 17.9 Å². The zero-order chi connectivity index (χ0) is 24.4. The van der Waals surface area contributed by atoms with Gasteiger partial charge >= 0.3 is 0 Å². The lowest BCUT2D eigenvalue weighted by Gasteiger charge is -2.31. The fraction of sp³-hybridized carbons (Fsp3) is 0.321. The lowest BCUT2D eigenvalue weighted by molar-refractivity contribution is -0.139. The van der Waals surface area contributed by atoms with Crippen LogP contribution >= 0.6 is 0 Å². The maximum atomic E-state index is 13.6. The third-order valence-corrected chi connectivity index (χ3v) is 6.23. The quantitative estimate of drug-likeness (QED) is 0.548. The first-order chi connectivity index (χ1) is 16.3. The molecule has 1 heterocycles. The van der Waals surface area contributed by atoms with E-state index in [9.17, 15) is 14.4 Å². The van der Waals surface area contributed by atoms with Gasteiger partial charge in [0.1, 0.15) is 12.6 Å². The number of carbonyl (C=O) groups excluding carboxylic acids is 3. The molecule has 6 nitrogen and oxygen atoms in total. The van der Waals surface area contributed by atoms with E-state index in [1.165, 1.54) is 4.90 Å². The van der Waals surface area contributed by atoms with Crippen molar-refractivity contribution in [3.8, 4) is 0 Å². The maximum Gasteiger partial charge on any atom is 0.259 e. The average molecular weight is 458 g/mol. The maximum absolute atomic E-state index is 13.6. The van der Waals surface area contributed by atoms with Crippen molar-refractivity contribution in [2.75, 3.05) is 18.0 Å². The molecule has 34 heavy (non-hydrogen) atoms. The molecule has 0 aromatic heterocycles. The predicted molar refractivity (Wildman–Crippen MR) is 135 cm³/mol. The van der Waals surface area contributed by atoms with Crippen LogP contribution in [0.1, 0.15) is 42.3 Å². The number of carbonyl (C=O) groups is 3. The number of hydrogen-bond acceptors (Lipinski definition) is 3. The first kappa shape index (κ1) is 23.5. The molecule has 0 aliphatic carbocycles. The lowest BCUT2D eigenvalue weighted by Crippen LogP contribution is -2.51. The van der Waals surface area contributed by atoms with E-state index in [4.69, 9.17) is 0 Å². The van der Waals surface area contributed by atoms with Crippen LogP contribution in [0.15, 0.2) is 60.7 Å². The molecule has 3 aromatic carbocycles. The van der Waals surface area contributed by atoms with Crippen molar-refractivity contribution in [3.63, 3.8) is 0 Å². The van der Waals surface area contributed by atoms with Crippen LogP contribution in [0.5, 0.6) is 0 Å². The highest BCUT2D eigenvalue weighted by Crippen LogP contribution is 2.37. The van der Waals surface area contributed by atoms with Gasteiger partial charge in [0.15, 0.2) is 0 Å². The zero-order valence-electron chi connectivity index (χ0n) is 20.2. The minimum atomic E-state index is -0.678. The minimum Gasteiger partial charge on any atom is -0.354 e. The summed E-state index contributed by atoms with van der Waals surface area (Å²) < 4.78 is 0. The highest BCUT2D eigenvalue weighted by atomic mass is 16.2. The van der Waals surface area contributed by atoms with Crippen molar-refractivity contribution in [1.82, 2.24) is 10.2 Å². The van der Waals surface area contributed by atoms with Gasteiger partial charge in [0.05, 0.1) is 5.69 Å². The summed E-state index contributed by atoms with van der Waals surface area (Å²) in [5.41, 5.74) is 3.36. The summed E-state index contributed by atoms with van der Waals surface area (Å²) in [4.78, 5) is 42.8. The van der Waals surface area contributed by atoms with Crippen molar-refractivity contribution < 1.29 is 14.4 Å². The molecule has 0 saturated carbocycles. The van der Waals surface area contributed by atoms with Crippen molar-refractivity contribution in [2.45, 2.75) is 40.3 Å². The van der Waals surface area contributed by atoms with Crippen LogP contribution in [0.3, 0.4) is 0 Å². The Morgan fingerprint density at radius 2 is 1.71 bits per heavy atom. The van der Waals surface area contributed by atoms with Crippen molar-refractivity contribution in [2.24, 2.45) is 5.92 Å². The number of nitrogens with zero attached hydrogens (tertiary/aromatic N) is 2. The third-order valence-electron chi connectivity index (χ3n) is 6.23. The molecule has 176 valence electrons. The summed E-state index contributed by atoms with van der Waals surface area (Å²) in [6, 6.07) is 18.6. The van der Waals surface area contributed by atoms with E-state index in [2.05, 4.69) is 5.32 Å². The first-order valence-corrected chi connectivity index (χ1v) is 11.7. The Morgan fingerprint density at radius 3 is 2.41 bits per heavy atom. The van der Waals surface area contributed by atoms with Crippen LogP contribution in [0.2, 0.25) is 0 Å². The lowest BCUT2D eigenvalue weighted by atomic mass is 10.1. The van der Waals surface area contributed by atoms with Gasteiger partial charge in [0, 0.05) is 24.0 Å². The third kappa shape index (κ3) is 4.67. The van der Waals surface area contributed by atoms with E-state index in [-0.39, 0.29) is 30.8 Å². The fourth-order valence-corrected chi connectivity index (χ4v) is 4.40. The second-order valence-corrected chi connectivity index (χ2v) is 9.40. The molecule has 3 aromatic rings. The van der Waals surface area contributed by atoms with Gasteiger partial charge in [-0.2, -0.15) is 0 Å². The Hall–Kier alpha value is -3.67. The molecule has 1 aliphatic rings. The summed E-state index contributed by atoms with van der Waals surface area (Å²) in [6.45, 7) is 8.49. The molecule has 4 rings (SSSR count). The van der Waals surface area contributed by atoms with E-state index in [0.717, 1.165) is 27.6 Å². The monoisotopic (exact) mass is 457 g/mol. The molecule has 1 aliphatic heterocycles. The van der Waals surface area contributed by atoms with Crippen LogP contribution in [0.4, 0.5) is 5.69 Å². The molecule has 6 heteroatoms. The molecule has 0 unspecified atom stereocenters. The number of amides is 3. The van der Waals surface area contributed by atoms with Crippen molar-refractivity contribution in [1.29, 1.82) is 0 Å². The SMILES string of the molecule is Cc1cccc(CN(C(=O)CN2C(=O)c3cccc4cccc2c34)[C@H](C)C(=O)NCC(C)C)c1. The van der Waals surface area contributed by atoms with Crippen molar-refractivity contribution >= 4 is 34.2 Å². The van der Waals surface area contributed by atoms with Crippen LogP contribution in [0, 0.1) is 12.8 Å². The molecule has 0 saturated heterocycles. The number of rotatable bonds is 8. The van der Waals surface area contributed by atoms with Crippen LogP contribution in [0.25, 0.3) is 10.8 Å². The summed E-state index contributed by atoms with van der Waals surface area (Å²) in [7, 11) is 0. The first-order valence-electron chi connectivity index (χ1n) is 11.7. The smallest absolute Gasteiger partial charge is 0.259 e. The van der Waals surface area contributed by atoms with E-state index < -0.39 is 6.04 Å². The standard InChI is InChI=1S/C28H31N3O3/c1-18(2)15-29-27(33)20(4)30(16-21-9-5-8-19(3)14-21)25(32)17-31-24-13-7-11-22-10-6-12-23(26(22)24)28(31)34/h5-14,18,20H,15-17H2,1-4H3,(H,29,33)/t20-/m1/s1. The molecule has 3 amide bonds. The zero-order valence-corrected chi connectivity index (χ0v) is 20.2. The molecule has 1 N–H and O–H groups in total. The fourth-order valence-electron chi connectivity index (χ4n) is 4.40. The summed E-state index contributed by atoms with van der Waals surface area (Å²) >= 11 is 0. The topological polar surface area (TPSA) is 69.7 Å². The van der Waals surface area contributed by atoms with Crippen LogP contribution in [-0.2, 0) is 16.1 Å². The second kappa shape index (κ2) is 9.67. The van der Waals surface area contributed by atoms with Crippen LogP contribution in [-0.4, -0.2) is 41.8 Å². The highest BCUT2D eigenvalue weighted by Gasteiger charge is 2.34. The molecule has 0 fully saturated rings. The minimum absolute atomic E-state index is 0.125. The Bertz CT molecular complexity index is 1250. The van der Waals surface area contributed by atoms with Gasteiger partial charge in [-0.15, -0.1) is 0 Å². The van der Waals surface area contributed by atoms with Gasteiger partial charge in [0.25, 0.3) is 5.91 Å². The number of nitrogens with one attached hydrogen (secondary N) is 1. The van der Waals surface area contributed by atoms with Gasteiger partial charge in [-0.3, -0.25) is 19.3 Å². The van der Waals surface area contributed by atoms with Gasteiger partial charge in [-0.1, -0.05) is 67.9 Å². The van der Waals surface area contributed by atoms with E-state index in [1.807, 2.05) is 75.4 Å². The molecule has 0 radical (unpaired) electrons. The second-order valence-electron chi connectivity index (χ2n) is 9.40. The Labute approximate surface area is 200 Å². The normalized spacial score (nSPS) is 13.4. The molecule has 1 atom stereocenters. The summed E-state index contributed by atoms with van der Waals surface area (Å²) in [5, 5.41) is 4.77. The highest BCUT2D eigenvalue weighted by molar-refractivity contribution is 6.26. The van der Waals surface area contributed by atoms with Gasteiger partial charge < -0.3 is 10.2 Å². The van der Waals surface area contributed by atoms with Gasteiger partial charge in [0.2, 0.25) is 11.8 Å². The van der Waals surface area contributed by atoms with E-state index >= 15 is 0 Å². The van der Waals surface area contributed by atoms with Gasteiger partial charge in [-0.05, 0) is 42.8 Å². The number of anilines is 1. The largest absolute Gasteiger partial charge is 0.354 e. The average Bonchev–Trinajstić information content (AvgIpc) is 3.08. The van der Waals surface area contributed by atoms with Crippen molar-refractivity contribution in [3.05, 3.63) is 77.4 Å². The Morgan fingerprint density at radius 1 is 1.00 bits per heavy atom. The van der Waals surface area contributed by atoms with Gasteiger partial charge in [-0.25, -0.2) is 0 Å². The number of hydrogen-bond donors (Lipinski definition) is 1. The molecule has 0 spiro atoms. The Balaban J connectivity index is 1.61. The molecule has 0 bridgehead atoms. The number of aryl methyl sites for hydroxylation is 1. The van der Waals surface area contributed by atoms with Crippen LogP contribution < -0.4 is 10.2 Å². The van der Waals surface area contributed by atoms with E-state index in [0.29, 0.717) is 18.0 Å². The number of benzene rings is 3. The summed E-state index contributed by atoms with van der Waals surface area (Å²) in [5.74, 6) is -0.356. The summed E-state index contributed by atoms with van der Waals surface area (Å²) in [6.07, 6.45) is 0. The molecular formula is C28H31N3O3. The predicted octanol–water partition coefficient (Wildman–Crippen LogP) is 4.30. The Kier molecular flexibility index (Phi) is 6.68. The molecular weight excluding hydrogens is 426 g/mol.